The lowest BCUT2D eigenvalue weighted by Gasteiger charge is -2.07. The van der Waals surface area contributed by atoms with Gasteiger partial charge in [0.05, 0.1) is 17.4 Å². The van der Waals surface area contributed by atoms with E-state index in [0.29, 0.717) is 11.6 Å². The van der Waals surface area contributed by atoms with Crippen LogP contribution in [-0.2, 0) is 6.54 Å². The highest BCUT2D eigenvalue weighted by Crippen LogP contribution is 2.35. The minimum Gasteiger partial charge on any atom is -0.507 e. The number of aromatic carboxylic acids is 1. The molecule has 0 saturated heterocycles. The van der Waals surface area contributed by atoms with E-state index in [2.05, 4.69) is 5.10 Å². The Balaban J connectivity index is 1.93. The number of carboxylic acids is 1. The molecule has 0 radical (unpaired) electrons. The summed E-state index contributed by atoms with van der Waals surface area (Å²) in [4.78, 5) is 11.1. The second-order valence-electron chi connectivity index (χ2n) is 6.53. The lowest BCUT2D eigenvalue weighted by molar-refractivity contribution is 0.0693. The smallest absolute Gasteiger partial charge is 0.339 e. The Labute approximate surface area is 172 Å². The SMILES string of the molecule is O=C(O)c1cc(F)c(-c2nn(Cc3cc(F)ccc3Cl)c3cccc(F)c23)cc1O. The quantitative estimate of drug-likeness (QED) is 0.463. The van der Waals surface area contributed by atoms with Crippen LogP contribution >= 0.6 is 11.6 Å². The molecule has 4 rings (SSSR count). The maximum atomic E-state index is 14.7. The summed E-state index contributed by atoms with van der Waals surface area (Å²) in [6.07, 6.45) is 0. The van der Waals surface area contributed by atoms with Crippen molar-refractivity contribution in [3.05, 3.63) is 82.1 Å². The molecule has 0 saturated carbocycles. The van der Waals surface area contributed by atoms with E-state index < -0.39 is 34.7 Å². The zero-order valence-corrected chi connectivity index (χ0v) is 15.8. The molecule has 4 aromatic rings. The summed E-state index contributed by atoms with van der Waals surface area (Å²) >= 11 is 6.11. The van der Waals surface area contributed by atoms with E-state index in [1.54, 1.807) is 6.07 Å². The van der Waals surface area contributed by atoms with Crippen LogP contribution in [0.5, 0.6) is 5.75 Å². The number of phenols is 1. The molecule has 0 aliphatic heterocycles. The van der Waals surface area contributed by atoms with Crippen LogP contribution in [0.2, 0.25) is 5.02 Å². The van der Waals surface area contributed by atoms with Crippen LogP contribution in [0.1, 0.15) is 15.9 Å². The first-order chi connectivity index (χ1) is 14.3. The third-order valence-corrected chi connectivity index (χ3v) is 4.99. The van der Waals surface area contributed by atoms with Crippen LogP contribution in [0.3, 0.4) is 0 Å². The van der Waals surface area contributed by atoms with E-state index in [1.165, 1.54) is 28.9 Å². The number of fused-ring (bicyclic) bond motifs is 1. The van der Waals surface area contributed by atoms with Crippen LogP contribution in [-0.4, -0.2) is 26.0 Å². The lowest BCUT2D eigenvalue weighted by atomic mass is 10.0. The lowest BCUT2D eigenvalue weighted by Crippen LogP contribution is -2.03. The molecule has 0 fully saturated rings. The van der Waals surface area contributed by atoms with Gasteiger partial charge < -0.3 is 10.2 Å². The zero-order chi connectivity index (χ0) is 21.6. The van der Waals surface area contributed by atoms with Crippen molar-refractivity contribution in [3.8, 4) is 17.0 Å². The second-order valence-corrected chi connectivity index (χ2v) is 6.94. The zero-order valence-electron chi connectivity index (χ0n) is 15.0. The van der Waals surface area contributed by atoms with Gasteiger partial charge in [0.1, 0.15) is 34.5 Å². The molecule has 0 unspecified atom stereocenters. The first kappa shape index (κ1) is 19.8. The molecule has 9 heteroatoms. The molecule has 0 bridgehead atoms. The fourth-order valence-corrected chi connectivity index (χ4v) is 3.41. The van der Waals surface area contributed by atoms with Crippen molar-refractivity contribution in [2.24, 2.45) is 0 Å². The van der Waals surface area contributed by atoms with Crippen LogP contribution in [0.15, 0.2) is 48.5 Å². The Hall–Kier alpha value is -3.52. The average Bonchev–Trinajstić information content (AvgIpc) is 3.05. The van der Waals surface area contributed by atoms with Crippen molar-refractivity contribution in [1.82, 2.24) is 9.78 Å². The third kappa shape index (κ3) is 3.35. The summed E-state index contributed by atoms with van der Waals surface area (Å²) in [5, 5.41) is 23.5. The number of carbonyl (C=O) groups is 1. The standard InChI is InChI=1S/C21H12ClF3N2O3/c22-14-5-4-11(23)6-10(14)9-27-17-3-1-2-15(24)19(17)20(26-27)12-8-18(28)13(21(29)30)7-16(12)25/h1-8,28H,9H2,(H,29,30). The number of hydrogen-bond acceptors (Lipinski definition) is 3. The Bertz CT molecular complexity index is 1320. The summed E-state index contributed by atoms with van der Waals surface area (Å²) in [5.41, 5.74) is -0.392. The number of hydrogen-bond donors (Lipinski definition) is 2. The Kier molecular flexibility index (Phi) is 4.87. The van der Waals surface area contributed by atoms with Gasteiger partial charge in [-0.25, -0.2) is 18.0 Å². The van der Waals surface area contributed by atoms with E-state index in [9.17, 15) is 23.1 Å². The number of aromatic nitrogens is 2. The number of nitrogens with zero attached hydrogens (tertiary/aromatic N) is 2. The molecule has 5 nitrogen and oxygen atoms in total. The molecule has 0 amide bonds. The van der Waals surface area contributed by atoms with Crippen LogP contribution in [0.25, 0.3) is 22.2 Å². The fraction of sp³-hybridized carbons (Fsp3) is 0.0476. The Morgan fingerprint density at radius 2 is 1.83 bits per heavy atom. The molecular formula is C21H12ClF3N2O3. The van der Waals surface area contributed by atoms with Gasteiger partial charge in [-0.2, -0.15) is 5.10 Å². The van der Waals surface area contributed by atoms with Gasteiger partial charge in [-0.3, -0.25) is 4.68 Å². The van der Waals surface area contributed by atoms with Crippen molar-refractivity contribution in [2.45, 2.75) is 6.54 Å². The van der Waals surface area contributed by atoms with Crippen molar-refractivity contribution >= 4 is 28.5 Å². The summed E-state index contributed by atoms with van der Waals surface area (Å²) in [6, 6.07) is 9.45. The largest absolute Gasteiger partial charge is 0.507 e. The summed E-state index contributed by atoms with van der Waals surface area (Å²) < 4.78 is 44.3. The van der Waals surface area contributed by atoms with Gasteiger partial charge in [-0.1, -0.05) is 17.7 Å². The monoisotopic (exact) mass is 432 g/mol. The first-order valence-corrected chi connectivity index (χ1v) is 8.99. The van der Waals surface area contributed by atoms with E-state index in [4.69, 9.17) is 16.7 Å². The van der Waals surface area contributed by atoms with Crippen molar-refractivity contribution < 1.29 is 28.2 Å². The minimum atomic E-state index is -1.51. The molecule has 1 aromatic heterocycles. The van der Waals surface area contributed by atoms with Crippen molar-refractivity contribution in [1.29, 1.82) is 0 Å². The van der Waals surface area contributed by atoms with Crippen LogP contribution in [0, 0.1) is 17.5 Å². The summed E-state index contributed by atoms with van der Waals surface area (Å²) in [6.45, 7) is -0.0304. The van der Waals surface area contributed by atoms with Crippen LogP contribution in [0.4, 0.5) is 13.2 Å². The highest BCUT2D eigenvalue weighted by Gasteiger charge is 2.22. The van der Waals surface area contributed by atoms with Gasteiger partial charge in [0.2, 0.25) is 0 Å². The first-order valence-electron chi connectivity index (χ1n) is 8.61. The number of rotatable bonds is 4. The second kappa shape index (κ2) is 7.38. The van der Waals surface area contributed by atoms with Gasteiger partial charge in [0.25, 0.3) is 0 Å². The topological polar surface area (TPSA) is 75.3 Å². The molecule has 0 atom stereocenters. The maximum Gasteiger partial charge on any atom is 0.339 e. The highest BCUT2D eigenvalue weighted by atomic mass is 35.5. The number of benzene rings is 3. The van der Waals surface area contributed by atoms with Gasteiger partial charge in [0, 0.05) is 10.6 Å². The van der Waals surface area contributed by atoms with E-state index in [-0.39, 0.29) is 33.7 Å². The maximum absolute atomic E-state index is 14.7. The van der Waals surface area contributed by atoms with Gasteiger partial charge in [-0.05, 0) is 48.0 Å². The van der Waals surface area contributed by atoms with Crippen molar-refractivity contribution in [3.63, 3.8) is 0 Å². The number of halogens is 4. The van der Waals surface area contributed by atoms with Gasteiger partial charge in [-0.15, -0.1) is 0 Å². The third-order valence-electron chi connectivity index (χ3n) is 4.63. The Morgan fingerprint density at radius 1 is 1.07 bits per heavy atom. The number of aromatic hydroxyl groups is 1. The number of carboxylic acid groups (broad SMARTS) is 1. The molecule has 0 aliphatic rings. The average molecular weight is 433 g/mol. The molecule has 3 aromatic carbocycles. The molecule has 0 spiro atoms. The predicted molar refractivity (Wildman–Crippen MR) is 104 cm³/mol. The molecule has 0 aliphatic carbocycles. The van der Waals surface area contributed by atoms with Crippen molar-refractivity contribution in [2.75, 3.05) is 0 Å². The summed E-state index contributed by atoms with van der Waals surface area (Å²) in [5.74, 6) is -4.41. The normalized spacial score (nSPS) is 11.2. The van der Waals surface area contributed by atoms with E-state index in [0.717, 1.165) is 12.1 Å². The Morgan fingerprint density at radius 3 is 2.57 bits per heavy atom. The molecule has 30 heavy (non-hydrogen) atoms. The minimum absolute atomic E-state index is 0.0304. The van der Waals surface area contributed by atoms with Crippen LogP contribution < -0.4 is 0 Å². The predicted octanol–water partition coefficient (Wildman–Crippen LogP) is 5.23. The van der Waals surface area contributed by atoms with E-state index >= 15 is 0 Å². The highest BCUT2D eigenvalue weighted by molar-refractivity contribution is 6.31. The fourth-order valence-electron chi connectivity index (χ4n) is 3.24. The molecule has 152 valence electrons. The van der Waals surface area contributed by atoms with Gasteiger partial charge in [0.15, 0.2) is 0 Å². The van der Waals surface area contributed by atoms with E-state index in [1.807, 2.05) is 0 Å². The van der Waals surface area contributed by atoms with Gasteiger partial charge >= 0.3 is 5.97 Å². The molecule has 1 heterocycles. The molecule has 2 N–H and O–H groups in total. The summed E-state index contributed by atoms with van der Waals surface area (Å²) in [7, 11) is 0. The molecular weight excluding hydrogens is 421 g/mol.